The molecule has 1 aliphatic carbocycles. The molecular formula is C19H22N4O. The summed E-state index contributed by atoms with van der Waals surface area (Å²) in [5.74, 6) is 1.14. The fraction of sp³-hybridized carbons (Fsp3) is 0.421. The van der Waals surface area contributed by atoms with Crippen molar-refractivity contribution in [3.05, 3.63) is 42.7 Å². The van der Waals surface area contributed by atoms with Crippen LogP contribution in [0.15, 0.2) is 42.7 Å². The number of amides is 1. The third-order valence-corrected chi connectivity index (χ3v) is 4.82. The highest BCUT2D eigenvalue weighted by Gasteiger charge is 2.30. The molecule has 24 heavy (non-hydrogen) atoms. The molecule has 1 saturated carbocycles. The lowest BCUT2D eigenvalue weighted by molar-refractivity contribution is -0.125. The van der Waals surface area contributed by atoms with Gasteiger partial charge in [0.2, 0.25) is 11.9 Å². The van der Waals surface area contributed by atoms with E-state index in [9.17, 15) is 4.79 Å². The van der Waals surface area contributed by atoms with Gasteiger partial charge in [0.1, 0.15) is 0 Å². The van der Waals surface area contributed by atoms with Crippen LogP contribution in [0.1, 0.15) is 25.7 Å². The highest BCUT2D eigenvalue weighted by molar-refractivity contribution is 5.79. The van der Waals surface area contributed by atoms with Crippen LogP contribution < -0.4 is 10.2 Å². The Bertz CT molecular complexity index is 689. The van der Waals surface area contributed by atoms with Gasteiger partial charge in [-0.3, -0.25) is 4.79 Å². The van der Waals surface area contributed by atoms with E-state index in [2.05, 4.69) is 32.3 Å². The second-order valence-corrected chi connectivity index (χ2v) is 6.68. The minimum atomic E-state index is 0.144. The molecule has 1 N–H and O–H groups in total. The van der Waals surface area contributed by atoms with Gasteiger partial charge in [-0.05, 0) is 31.2 Å². The van der Waals surface area contributed by atoms with Gasteiger partial charge < -0.3 is 10.2 Å². The van der Waals surface area contributed by atoms with E-state index in [0.717, 1.165) is 55.8 Å². The maximum Gasteiger partial charge on any atom is 0.225 e. The maximum atomic E-state index is 12.1. The molecule has 1 saturated heterocycles. The second kappa shape index (κ2) is 6.59. The van der Waals surface area contributed by atoms with E-state index in [1.54, 1.807) is 0 Å². The molecule has 1 amide bonds. The molecule has 4 rings (SSSR count). The summed E-state index contributed by atoms with van der Waals surface area (Å²) in [6.45, 7) is 1.68. The molecular weight excluding hydrogens is 300 g/mol. The Morgan fingerprint density at radius 2 is 1.62 bits per heavy atom. The molecule has 0 spiro atoms. The number of hydrogen-bond donors (Lipinski definition) is 1. The summed E-state index contributed by atoms with van der Waals surface area (Å²) in [7, 11) is 0. The highest BCUT2D eigenvalue weighted by atomic mass is 16.2. The molecule has 0 radical (unpaired) electrons. The first kappa shape index (κ1) is 15.1. The first-order valence-electron chi connectivity index (χ1n) is 8.72. The lowest BCUT2D eigenvalue weighted by atomic mass is 9.96. The average Bonchev–Trinajstić information content (AvgIpc) is 3.47. The number of aromatic nitrogens is 2. The molecule has 0 unspecified atom stereocenters. The third-order valence-electron chi connectivity index (χ3n) is 4.82. The van der Waals surface area contributed by atoms with Crippen LogP contribution in [0.25, 0.3) is 11.1 Å². The molecule has 0 bridgehead atoms. The zero-order valence-electron chi connectivity index (χ0n) is 13.7. The van der Waals surface area contributed by atoms with Crippen LogP contribution in [-0.4, -0.2) is 35.0 Å². The van der Waals surface area contributed by atoms with Crippen LogP contribution >= 0.6 is 0 Å². The third kappa shape index (κ3) is 3.40. The van der Waals surface area contributed by atoms with E-state index in [1.165, 1.54) is 0 Å². The SMILES string of the molecule is O=C(NC1CC1)C1CCN(c2ncc(-c3ccccc3)cn2)CC1. The number of carbonyl (C=O) groups excluding carboxylic acids is 1. The van der Waals surface area contributed by atoms with Crippen LogP contribution in [0, 0.1) is 5.92 Å². The van der Waals surface area contributed by atoms with Gasteiger partial charge in [0, 0.05) is 43.0 Å². The number of rotatable bonds is 4. The molecule has 2 aromatic rings. The standard InChI is InChI=1S/C19H22N4O/c24-18(22-17-6-7-17)15-8-10-23(11-9-15)19-20-12-16(13-21-19)14-4-2-1-3-5-14/h1-5,12-13,15,17H,6-11H2,(H,22,24). The monoisotopic (exact) mass is 322 g/mol. The molecule has 5 nitrogen and oxygen atoms in total. The quantitative estimate of drug-likeness (QED) is 0.940. The molecule has 2 heterocycles. The van der Waals surface area contributed by atoms with E-state index in [1.807, 2.05) is 30.6 Å². The van der Waals surface area contributed by atoms with E-state index in [0.29, 0.717) is 6.04 Å². The fourth-order valence-corrected chi connectivity index (χ4v) is 3.15. The number of nitrogens with zero attached hydrogens (tertiary/aromatic N) is 3. The average molecular weight is 322 g/mol. The predicted octanol–water partition coefficient (Wildman–Crippen LogP) is 2.64. The van der Waals surface area contributed by atoms with Gasteiger partial charge in [-0.1, -0.05) is 30.3 Å². The van der Waals surface area contributed by atoms with Crippen LogP contribution in [0.4, 0.5) is 5.95 Å². The lowest BCUT2D eigenvalue weighted by Crippen LogP contribution is -2.41. The largest absolute Gasteiger partial charge is 0.353 e. The normalized spacial score (nSPS) is 18.4. The number of carbonyl (C=O) groups is 1. The molecule has 1 aliphatic heterocycles. The topological polar surface area (TPSA) is 58.1 Å². The lowest BCUT2D eigenvalue weighted by Gasteiger charge is -2.31. The Morgan fingerprint density at radius 3 is 2.25 bits per heavy atom. The molecule has 1 aromatic heterocycles. The number of benzene rings is 1. The first-order valence-corrected chi connectivity index (χ1v) is 8.72. The van der Waals surface area contributed by atoms with Crippen molar-refractivity contribution in [1.82, 2.24) is 15.3 Å². The number of hydrogen-bond acceptors (Lipinski definition) is 4. The molecule has 2 aliphatic rings. The predicted molar refractivity (Wildman–Crippen MR) is 93.6 cm³/mol. The summed E-state index contributed by atoms with van der Waals surface area (Å²) in [4.78, 5) is 23.4. The zero-order chi connectivity index (χ0) is 16.4. The second-order valence-electron chi connectivity index (χ2n) is 6.68. The molecule has 124 valence electrons. The van der Waals surface area contributed by atoms with Gasteiger partial charge in [0.05, 0.1) is 0 Å². The van der Waals surface area contributed by atoms with Crippen molar-refractivity contribution in [3.8, 4) is 11.1 Å². The van der Waals surface area contributed by atoms with Crippen molar-refractivity contribution < 1.29 is 4.79 Å². The highest BCUT2D eigenvalue weighted by Crippen LogP contribution is 2.25. The summed E-state index contributed by atoms with van der Waals surface area (Å²) in [6.07, 6.45) is 7.80. The summed E-state index contributed by atoms with van der Waals surface area (Å²) < 4.78 is 0. The van der Waals surface area contributed by atoms with Gasteiger partial charge >= 0.3 is 0 Å². The van der Waals surface area contributed by atoms with Crippen LogP contribution in [0.3, 0.4) is 0 Å². The van der Waals surface area contributed by atoms with Gasteiger partial charge in [-0.2, -0.15) is 0 Å². The molecule has 5 heteroatoms. The van der Waals surface area contributed by atoms with Gasteiger partial charge in [0.15, 0.2) is 0 Å². The number of anilines is 1. The van der Waals surface area contributed by atoms with Crippen LogP contribution in [-0.2, 0) is 4.79 Å². The minimum Gasteiger partial charge on any atom is -0.353 e. The Morgan fingerprint density at radius 1 is 0.958 bits per heavy atom. The smallest absolute Gasteiger partial charge is 0.225 e. The van der Waals surface area contributed by atoms with Crippen molar-refractivity contribution in [1.29, 1.82) is 0 Å². The molecule has 0 atom stereocenters. The van der Waals surface area contributed by atoms with E-state index in [-0.39, 0.29) is 11.8 Å². The van der Waals surface area contributed by atoms with E-state index < -0.39 is 0 Å². The number of piperidine rings is 1. The van der Waals surface area contributed by atoms with Gasteiger partial charge in [-0.15, -0.1) is 0 Å². The van der Waals surface area contributed by atoms with Crippen molar-refractivity contribution in [3.63, 3.8) is 0 Å². The zero-order valence-corrected chi connectivity index (χ0v) is 13.7. The van der Waals surface area contributed by atoms with Crippen molar-refractivity contribution in [2.24, 2.45) is 5.92 Å². The van der Waals surface area contributed by atoms with E-state index >= 15 is 0 Å². The molecule has 1 aromatic carbocycles. The van der Waals surface area contributed by atoms with Gasteiger partial charge in [0.25, 0.3) is 0 Å². The van der Waals surface area contributed by atoms with E-state index in [4.69, 9.17) is 0 Å². The maximum absolute atomic E-state index is 12.1. The van der Waals surface area contributed by atoms with Crippen LogP contribution in [0.5, 0.6) is 0 Å². The summed E-state index contributed by atoms with van der Waals surface area (Å²) >= 11 is 0. The fourth-order valence-electron chi connectivity index (χ4n) is 3.15. The van der Waals surface area contributed by atoms with Crippen molar-refractivity contribution in [2.75, 3.05) is 18.0 Å². The Hall–Kier alpha value is -2.43. The Labute approximate surface area is 142 Å². The Kier molecular flexibility index (Phi) is 4.15. The molecule has 2 fully saturated rings. The number of nitrogens with one attached hydrogen (secondary N) is 1. The Balaban J connectivity index is 1.36. The minimum absolute atomic E-state index is 0.144. The van der Waals surface area contributed by atoms with Crippen molar-refractivity contribution in [2.45, 2.75) is 31.7 Å². The summed E-state index contributed by atoms with van der Waals surface area (Å²) in [6, 6.07) is 10.6. The van der Waals surface area contributed by atoms with Gasteiger partial charge in [-0.25, -0.2) is 9.97 Å². The first-order chi connectivity index (χ1) is 11.8. The van der Waals surface area contributed by atoms with Crippen molar-refractivity contribution >= 4 is 11.9 Å². The summed E-state index contributed by atoms with van der Waals surface area (Å²) in [5.41, 5.74) is 2.15. The summed E-state index contributed by atoms with van der Waals surface area (Å²) in [5, 5.41) is 3.12. The van der Waals surface area contributed by atoms with Crippen LogP contribution in [0.2, 0.25) is 0 Å².